The summed E-state index contributed by atoms with van der Waals surface area (Å²) in [6.45, 7) is 3.17. The quantitative estimate of drug-likeness (QED) is 0.462. The summed E-state index contributed by atoms with van der Waals surface area (Å²) in [7, 11) is 1.30. The fourth-order valence-corrected chi connectivity index (χ4v) is 2.67. The van der Waals surface area contributed by atoms with Crippen LogP contribution < -0.4 is 5.73 Å². The van der Waals surface area contributed by atoms with Crippen LogP contribution in [-0.4, -0.2) is 23.7 Å². The highest BCUT2D eigenvalue weighted by atomic mass is 17.2. The lowest BCUT2D eigenvalue weighted by Crippen LogP contribution is -2.34. The van der Waals surface area contributed by atoms with Gasteiger partial charge in [-0.3, -0.25) is 4.89 Å². The molecule has 0 fully saturated rings. The number of fused-ring (bicyclic) bond motifs is 1. The van der Waals surface area contributed by atoms with Crippen LogP contribution >= 0.6 is 0 Å². The van der Waals surface area contributed by atoms with Crippen LogP contribution in [0.15, 0.2) is 30.5 Å². The summed E-state index contributed by atoms with van der Waals surface area (Å²) in [5.41, 5.74) is 8.14. The van der Waals surface area contributed by atoms with Gasteiger partial charge in [-0.2, -0.15) is 4.89 Å². The Balaban J connectivity index is 2.20. The number of hydrogen-bond acceptors (Lipinski definition) is 4. The molecular formula is C17H24N2O3. The summed E-state index contributed by atoms with van der Waals surface area (Å²) in [4.78, 5) is 20.5. The van der Waals surface area contributed by atoms with Gasteiger partial charge in [0.25, 0.3) is 0 Å². The molecule has 5 heteroatoms. The molecule has 1 atom stereocenters. The Kier molecular flexibility index (Phi) is 5.98. The molecule has 0 bridgehead atoms. The smallest absolute Gasteiger partial charge is 0.347 e. The van der Waals surface area contributed by atoms with Crippen LogP contribution in [0.5, 0.6) is 0 Å². The van der Waals surface area contributed by atoms with Crippen LogP contribution in [0.2, 0.25) is 0 Å². The van der Waals surface area contributed by atoms with E-state index in [0.717, 1.165) is 23.9 Å². The molecule has 0 amide bonds. The minimum Gasteiger partial charge on any atom is -0.347 e. The molecule has 0 aliphatic heterocycles. The second-order valence-corrected chi connectivity index (χ2v) is 5.45. The predicted molar refractivity (Wildman–Crippen MR) is 86.2 cm³/mol. The van der Waals surface area contributed by atoms with Gasteiger partial charge in [0.2, 0.25) is 0 Å². The van der Waals surface area contributed by atoms with Gasteiger partial charge in [0.05, 0.1) is 7.11 Å². The number of nitrogens with zero attached hydrogens (tertiary/aromatic N) is 1. The maximum absolute atomic E-state index is 11.6. The number of carbonyl (C=O) groups is 1. The molecule has 0 spiro atoms. The van der Waals surface area contributed by atoms with Crippen molar-refractivity contribution >= 4 is 16.9 Å². The van der Waals surface area contributed by atoms with Crippen LogP contribution in [0.3, 0.4) is 0 Å². The lowest BCUT2D eigenvalue weighted by Gasteiger charge is -2.08. The zero-order chi connectivity index (χ0) is 15.9. The summed E-state index contributed by atoms with van der Waals surface area (Å²) < 4.78 is 2.24. The molecule has 0 radical (unpaired) electrons. The third-order valence-corrected chi connectivity index (χ3v) is 3.78. The van der Waals surface area contributed by atoms with E-state index < -0.39 is 12.0 Å². The number of aromatic nitrogens is 1. The molecule has 1 aromatic carbocycles. The van der Waals surface area contributed by atoms with Gasteiger partial charge in [-0.1, -0.05) is 38.0 Å². The lowest BCUT2D eigenvalue weighted by molar-refractivity contribution is -0.256. The van der Waals surface area contributed by atoms with E-state index >= 15 is 0 Å². The maximum Gasteiger partial charge on any atom is 0.359 e. The Morgan fingerprint density at radius 1 is 1.32 bits per heavy atom. The Bertz CT molecular complexity index is 621. The fraction of sp³-hybridized carbons (Fsp3) is 0.471. The van der Waals surface area contributed by atoms with E-state index in [9.17, 15) is 4.79 Å². The maximum atomic E-state index is 11.6. The van der Waals surface area contributed by atoms with Crippen molar-refractivity contribution in [2.75, 3.05) is 7.11 Å². The first kappa shape index (κ1) is 16.5. The fourth-order valence-electron chi connectivity index (χ4n) is 2.67. The normalized spacial score (nSPS) is 12.5. The van der Waals surface area contributed by atoms with Gasteiger partial charge in [-0.25, -0.2) is 4.79 Å². The summed E-state index contributed by atoms with van der Waals surface area (Å²) >= 11 is 0. The van der Waals surface area contributed by atoms with Crippen molar-refractivity contribution in [2.24, 2.45) is 5.73 Å². The number of nitrogens with two attached hydrogens (primary N) is 1. The van der Waals surface area contributed by atoms with E-state index in [-0.39, 0.29) is 0 Å². The van der Waals surface area contributed by atoms with Gasteiger partial charge in [-0.15, -0.1) is 0 Å². The van der Waals surface area contributed by atoms with Crippen molar-refractivity contribution in [1.29, 1.82) is 0 Å². The highest BCUT2D eigenvalue weighted by Crippen LogP contribution is 2.23. The Morgan fingerprint density at radius 2 is 2.09 bits per heavy atom. The number of benzene rings is 1. The summed E-state index contributed by atoms with van der Waals surface area (Å²) in [5, 5.41) is 1.14. The molecular weight excluding hydrogens is 280 g/mol. The number of hydrogen-bond donors (Lipinski definition) is 1. The standard InChI is InChI=1S/C17H24N2O3/c1-3-4-7-10-19-12-13(11-15(18)17(20)22-21-2)14-8-5-6-9-16(14)19/h5-6,8-9,12,15H,3-4,7,10-11,18H2,1-2H3/t15-/m0/s1. The lowest BCUT2D eigenvalue weighted by atomic mass is 10.1. The summed E-state index contributed by atoms with van der Waals surface area (Å²) in [6, 6.07) is 7.47. The van der Waals surface area contributed by atoms with Crippen LogP contribution in [0.25, 0.3) is 10.9 Å². The third kappa shape index (κ3) is 3.87. The molecule has 1 heterocycles. The molecule has 0 saturated carbocycles. The van der Waals surface area contributed by atoms with Crippen molar-refractivity contribution in [3.63, 3.8) is 0 Å². The molecule has 0 unspecified atom stereocenters. The number of aryl methyl sites for hydroxylation is 1. The topological polar surface area (TPSA) is 66.5 Å². The van der Waals surface area contributed by atoms with Crippen molar-refractivity contribution in [1.82, 2.24) is 4.57 Å². The average Bonchev–Trinajstić information content (AvgIpc) is 2.86. The summed E-state index contributed by atoms with van der Waals surface area (Å²) in [5.74, 6) is -0.551. The van der Waals surface area contributed by atoms with E-state index in [1.807, 2.05) is 12.1 Å². The minimum atomic E-state index is -0.727. The van der Waals surface area contributed by atoms with Gasteiger partial charge in [0.15, 0.2) is 0 Å². The van der Waals surface area contributed by atoms with E-state index in [1.165, 1.54) is 25.5 Å². The van der Waals surface area contributed by atoms with Crippen LogP contribution in [0.1, 0.15) is 31.7 Å². The van der Waals surface area contributed by atoms with Crippen LogP contribution in [-0.2, 0) is 27.5 Å². The molecule has 0 saturated heterocycles. The van der Waals surface area contributed by atoms with Crippen molar-refractivity contribution < 1.29 is 14.6 Å². The van der Waals surface area contributed by atoms with E-state index in [2.05, 4.69) is 39.6 Å². The number of unbranched alkanes of at least 4 members (excludes halogenated alkanes) is 2. The van der Waals surface area contributed by atoms with Gasteiger partial charge >= 0.3 is 5.97 Å². The molecule has 0 aliphatic carbocycles. The van der Waals surface area contributed by atoms with Gasteiger partial charge in [0.1, 0.15) is 6.04 Å². The Hall–Kier alpha value is -1.85. The monoisotopic (exact) mass is 304 g/mol. The molecule has 120 valence electrons. The zero-order valence-electron chi connectivity index (χ0n) is 13.2. The average molecular weight is 304 g/mol. The molecule has 2 aromatic rings. The second kappa shape index (κ2) is 7.96. The van der Waals surface area contributed by atoms with E-state index in [1.54, 1.807) is 0 Å². The second-order valence-electron chi connectivity index (χ2n) is 5.45. The molecule has 0 aliphatic rings. The number of carbonyl (C=O) groups excluding carboxylic acids is 1. The third-order valence-electron chi connectivity index (χ3n) is 3.78. The SMILES string of the molecule is CCCCCn1cc(C[C@H](N)C(=O)OOC)c2ccccc21. The van der Waals surface area contributed by atoms with Crippen LogP contribution in [0.4, 0.5) is 0 Å². The molecule has 22 heavy (non-hydrogen) atoms. The van der Waals surface area contributed by atoms with Gasteiger partial charge < -0.3 is 10.3 Å². The van der Waals surface area contributed by atoms with Crippen molar-refractivity contribution in [3.8, 4) is 0 Å². The first-order valence-corrected chi connectivity index (χ1v) is 7.74. The van der Waals surface area contributed by atoms with Gasteiger partial charge in [0, 0.05) is 30.1 Å². The minimum absolute atomic E-state index is 0.434. The van der Waals surface area contributed by atoms with Crippen LogP contribution in [0, 0.1) is 0 Å². The molecule has 1 aromatic heterocycles. The zero-order valence-corrected chi connectivity index (χ0v) is 13.2. The van der Waals surface area contributed by atoms with Gasteiger partial charge in [-0.05, 0) is 18.1 Å². The first-order valence-electron chi connectivity index (χ1n) is 7.74. The number of rotatable bonds is 8. The van der Waals surface area contributed by atoms with Crippen molar-refractivity contribution in [2.45, 2.75) is 45.2 Å². The predicted octanol–water partition coefficient (Wildman–Crippen LogP) is 2.81. The van der Waals surface area contributed by atoms with Crippen molar-refractivity contribution in [3.05, 3.63) is 36.0 Å². The highest BCUT2D eigenvalue weighted by Gasteiger charge is 2.19. The highest BCUT2D eigenvalue weighted by molar-refractivity contribution is 5.85. The molecule has 5 nitrogen and oxygen atoms in total. The largest absolute Gasteiger partial charge is 0.359 e. The Morgan fingerprint density at radius 3 is 2.82 bits per heavy atom. The molecule has 2 N–H and O–H groups in total. The summed E-state index contributed by atoms with van der Waals surface area (Å²) in [6.07, 6.45) is 6.08. The Labute approximate surface area is 130 Å². The van der Waals surface area contributed by atoms with E-state index in [0.29, 0.717) is 6.42 Å². The first-order chi connectivity index (χ1) is 10.7. The molecule has 2 rings (SSSR count). The van der Waals surface area contributed by atoms with E-state index in [4.69, 9.17) is 5.73 Å². The number of para-hydroxylation sites is 1.